The minimum Gasteiger partial charge on any atom is -0.486 e. The molecule has 2 aromatic rings. The van der Waals surface area contributed by atoms with Gasteiger partial charge in [0, 0.05) is 24.8 Å². The molecule has 0 aliphatic carbocycles. The van der Waals surface area contributed by atoms with Crippen molar-refractivity contribution in [2.45, 2.75) is 13.1 Å². The molecular weight excluding hydrogens is 320 g/mol. The second-order valence-electron chi connectivity index (χ2n) is 6.04. The van der Waals surface area contributed by atoms with Gasteiger partial charge < -0.3 is 19.7 Å². The van der Waals surface area contributed by atoms with Crippen molar-refractivity contribution in [3.63, 3.8) is 0 Å². The Balaban J connectivity index is 1.59. The van der Waals surface area contributed by atoms with Crippen LogP contribution in [0.3, 0.4) is 0 Å². The molecule has 2 N–H and O–H groups in total. The van der Waals surface area contributed by atoms with E-state index >= 15 is 0 Å². The number of hydrogen-bond acceptors (Lipinski definition) is 5. The lowest BCUT2D eigenvalue weighted by atomic mass is 10.1. The number of pyridine rings is 1. The van der Waals surface area contributed by atoms with E-state index in [2.05, 4.69) is 20.5 Å². The molecule has 1 aromatic heterocycles. The normalized spacial score (nSPS) is 12.8. The summed E-state index contributed by atoms with van der Waals surface area (Å²) in [5, 5.41) is 5.58. The number of amides is 2. The number of benzene rings is 1. The maximum atomic E-state index is 12.1. The third kappa shape index (κ3) is 4.60. The summed E-state index contributed by atoms with van der Waals surface area (Å²) < 4.78 is 11.2. The molecule has 7 heteroatoms. The third-order valence-corrected chi connectivity index (χ3v) is 3.65. The van der Waals surface area contributed by atoms with E-state index in [1.54, 1.807) is 6.20 Å². The van der Waals surface area contributed by atoms with E-state index in [4.69, 9.17) is 9.47 Å². The first-order valence-corrected chi connectivity index (χ1v) is 8.14. The van der Waals surface area contributed by atoms with Crippen LogP contribution in [0.15, 0.2) is 36.5 Å². The highest BCUT2D eigenvalue weighted by molar-refractivity contribution is 5.88. The van der Waals surface area contributed by atoms with Gasteiger partial charge in [-0.25, -0.2) is 9.78 Å². The van der Waals surface area contributed by atoms with Gasteiger partial charge in [0.15, 0.2) is 11.5 Å². The zero-order valence-corrected chi connectivity index (χ0v) is 14.4. The summed E-state index contributed by atoms with van der Waals surface area (Å²) in [7, 11) is 3.99. The number of carbonyl (C=O) groups excluding carboxylic acids is 1. The van der Waals surface area contributed by atoms with Gasteiger partial charge >= 0.3 is 6.03 Å². The van der Waals surface area contributed by atoms with Gasteiger partial charge in [-0.2, -0.15) is 0 Å². The highest BCUT2D eigenvalue weighted by Gasteiger charge is 2.16. The van der Waals surface area contributed by atoms with Crippen molar-refractivity contribution in [1.82, 2.24) is 15.2 Å². The van der Waals surface area contributed by atoms with Crippen LogP contribution in [0.5, 0.6) is 11.5 Å². The number of nitrogens with one attached hydrogen (secondary N) is 2. The molecule has 0 bridgehead atoms. The SMILES string of the molecule is CN(C)Cc1ccnc(NC(=O)NCc2cccc3c2OCCO3)c1. The van der Waals surface area contributed by atoms with E-state index in [0.29, 0.717) is 37.1 Å². The lowest BCUT2D eigenvalue weighted by molar-refractivity contribution is 0.169. The van der Waals surface area contributed by atoms with Crippen LogP contribution in [0.1, 0.15) is 11.1 Å². The molecule has 0 fully saturated rings. The van der Waals surface area contributed by atoms with Gasteiger partial charge in [0.25, 0.3) is 0 Å². The first-order chi connectivity index (χ1) is 12.1. The van der Waals surface area contributed by atoms with Gasteiger partial charge in [-0.3, -0.25) is 5.32 Å². The molecule has 2 amide bonds. The molecule has 0 radical (unpaired) electrons. The first-order valence-electron chi connectivity index (χ1n) is 8.14. The number of fused-ring (bicyclic) bond motifs is 1. The Labute approximate surface area is 147 Å². The zero-order chi connectivity index (χ0) is 17.6. The van der Waals surface area contributed by atoms with Crippen LogP contribution < -0.4 is 20.1 Å². The van der Waals surface area contributed by atoms with Crippen molar-refractivity contribution in [3.8, 4) is 11.5 Å². The molecule has 3 rings (SSSR count). The fourth-order valence-electron chi connectivity index (χ4n) is 2.62. The Morgan fingerprint density at radius 1 is 1.24 bits per heavy atom. The van der Waals surface area contributed by atoms with Crippen LogP contribution >= 0.6 is 0 Å². The average molecular weight is 342 g/mol. The second-order valence-corrected chi connectivity index (χ2v) is 6.04. The summed E-state index contributed by atoms with van der Waals surface area (Å²) in [5.74, 6) is 1.93. The second kappa shape index (κ2) is 7.85. The number of para-hydroxylation sites is 1. The monoisotopic (exact) mass is 342 g/mol. The van der Waals surface area contributed by atoms with E-state index in [1.807, 2.05) is 44.4 Å². The van der Waals surface area contributed by atoms with Gasteiger partial charge in [0.05, 0.1) is 0 Å². The lowest BCUT2D eigenvalue weighted by Crippen LogP contribution is -2.29. The summed E-state index contributed by atoms with van der Waals surface area (Å²) in [6.45, 7) is 2.18. The minimum atomic E-state index is -0.316. The molecule has 1 aliphatic rings. The van der Waals surface area contributed by atoms with Crippen molar-refractivity contribution < 1.29 is 14.3 Å². The minimum absolute atomic E-state index is 0.316. The molecule has 0 saturated heterocycles. The van der Waals surface area contributed by atoms with Crippen molar-refractivity contribution in [3.05, 3.63) is 47.7 Å². The van der Waals surface area contributed by atoms with Crippen LogP contribution in [-0.2, 0) is 13.1 Å². The molecule has 1 aliphatic heterocycles. The standard InChI is InChI=1S/C18H22N4O3/c1-22(2)12-13-6-7-19-16(10-13)21-18(23)20-11-14-4-3-5-15-17(14)25-9-8-24-15/h3-7,10H,8-9,11-12H2,1-2H3,(H2,19,20,21,23). The van der Waals surface area contributed by atoms with E-state index in [-0.39, 0.29) is 6.03 Å². The first kappa shape index (κ1) is 17.0. The molecule has 7 nitrogen and oxygen atoms in total. The third-order valence-electron chi connectivity index (χ3n) is 3.65. The molecule has 0 atom stereocenters. The average Bonchev–Trinajstić information content (AvgIpc) is 2.59. The van der Waals surface area contributed by atoms with Crippen molar-refractivity contribution in [2.75, 3.05) is 32.6 Å². The quantitative estimate of drug-likeness (QED) is 0.871. The molecular formula is C18H22N4O3. The molecule has 0 saturated carbocycles. The maximum Gasteiger partial charge on any atom is 0.320 e. The predicted octanol–water partition coefficient (Wildman–Crippen LogP) is 2.24. The van der Waals surface area contributed by atoms with Crippen LogP contribution in [0.4, 0.5) is 10.6 Å². The molecule has 1 aromatic carbocycles. The van der Waals surface area contributed by atoms with E-state index in [1.165, 1.54) is 0 Å². The van der Waals surface area contributed by atoms with Gasteiger partial charge in [-0.1, -0.05) is 12.1 Å². The predicted molar refractivity (Wildman–Crippen MR) is 94.9 cm³/mol. The largest absolute Gasteiger partial charge is 0.486 e. The summed E-state index contributed by atoms with van der Waals surface area (Å²) in [5.41, 5.74) is 1.96. The molecule has 0 spiro atoms. The van der Waals surface area contributed by atoms with E-state index < -0.39 is 0 Å². The fourth-order valence-corrected chi connectivity index (χ4v) is 2.62. The highest BCUT2D eigenvalue weighted by atomic mass is 16.6. The van der Waals surface area contributed by atoms with Gasteiger partial charge in [-0.05, 0) is 37.9 Å². The van der Waals surface area contributed by atoms with E-state index in [9.17, 15) is 4.79 Å². The van der Waals surface area contributed by atoms with Gasteiger partial charge in [0.2, 0.25) is 0 Å². The van der Waals surface area contributed by atoms with Crippen LogP contribution in [-0.4, -0.2) is 43.2 Å². The molecule has 132 valence electrons. The number of aromatic nitrogens is 1. The number of rotatable bonds is 5. The maximum absolute atomic E-state index is 12.1. The summed E-state index contributed by atoms with van der Waals surface area (Å²) in [6, 6.07) is 9.12. The smallest absolute Gasteiger partial charge is 0.320 e. The Hall–Kier alpha value is -2.80. The van der Waals surface area contributed by atoms with Crippen LogP contribution in [0.25, 0.3) is 0 Å². The Morgan fingerprint density at radius 3 is 2.92 bits per heavy atom. The van der Waals surface area contributed by atoms with E-state index in [0.717, 1.165) is 17.7 Å². The number of carbonyl (C=O) groups is 1. The molecule has 2 heterocycles. The Morgan fingerprint density at radius 2 is 2.08 bits per heavy atom. The highest BCUT2D eigenvalue weighted by Crippen LogP contribution is 2.33. The van der Waals surface area contributed by atoms with Crippen LogP contribution in [0.2, 0.25) is 0 Å². The van der Waals surface area contributed by atoms with Crippen LogP contribution in [0, 0.1) is 0 Å². The zero-order valence-electron chi connectivity index (χ0n) is 14.4. The number of anilines is 1. The Bertz CT molecular complexity index is 749. The van der Waals surface area contributed by atoms with Gasteiger partial charge in [0.1, 0.15) is 19.0 Å². The summed E-state index contributed by atoms with van der Waals surface area (Å²) in [4.78, 5) is 18.4. The number of hydrogen-bond donors (Lipinski definition) is 2. The fraction of sp³-hybridized carbons (Fsp3) is 0.333. The van der Waals surface area contributed by atoms with Crippen molar-refractivity contribution >= 4 is 11.8 Å². The van der Waals surface area contributed by atoms with Crippen molar-refractivity contribution in [1.29, 1.82) is 0 Å². The lowest BCUT2D eigenvalue weighted by Gasteiger charge is -2.21. The van der Waals surface area contributed by atoms with Crippen molar-refractivity contribution in [2.24, 2.45) is 0 Å². The Kier molecular flexibility index (Phi) is 5.35. The molecule has 25 heavy (non-hydrogen) atoms. The topological polar surface area (TPSA) is 75.7 Å². The summed E-state index contributed by atoms with van der Waals surface area (Å²) in [6.07, 6.45) is 1.69. The summed E-state index contributed by atoms with van der Waals surface area (Å²) >= 11 is 0. The number of urea groups is 1. The number of ether oxygens (including phenoxy) is 2. The molecule has 0 unspecified atom stereocenters. The van der Waals surface area contributed by atoms with Gasteiger partial charge in [-0.15, -0.1) is 0 Å². The number of nitrogens with zero attached hydrogens (tertiary/aromatic N) is 2.